The first kappa shape index (κ1) is 25.0. The minimum Gasteiger partial charge on any atom is -0.450 e. The standard InChI is InChI=1S/C26H42N6O5/c33-25-32(18-7-14-30(15-8-18)22-6-11-27-24(28-22)31-12-1-2-13-31)21-5-3-4-20(23(21)37-25)29-16-9-19(10-17-29)36-26(34)35/h18-23H,1-17H2,(H,27,28)(H,34,35). The highest BCUT2D eigenvalue weighted by atomic mass is 16.7. The van der Waals surface area contributed by atoms with Crippen LogP contribution in [0, 0.1) is 0 Å². The van der Waals surface area contributed by atoms with Crippen LogP contribution in [0.1, 0.15) is 64.2 Å². The molecule has 0 bridgehead atoms. The first-order chi connectivity index (χ1) is 18.1. The summed E-state index contributed by atoms with van der Waals surface area (Å²) in [5, 5.41) is 12.6. The number of aliphatic imine (C=N–C) groups is 1. The molecule has 5 fully saturated rings. The Morgan fingerprint density at radius 3 is 2.32 bits per heavy atom. The first-order valence-electron chi connectivity index (χ1n) is 14.5. The number of piperidine rings is 2. The van der Waals surface area contributed by atoms with Gasteiger partial charge >= 0.3 is 12.2 Å². The van der Waals surface area contributed by atoms with Gasteiger partial charge in [-0.1, -0.05) is 0 Å². The van der Waals surface area contributed by atoms with Gasteiger partial charge in [-0.25, -0.2) is 9.59 Å². The molecular weight excluding hydrogens is 476 g/mol. The second-order valence-corrected chi connectivity index (χ2v) is 11.6. The largest absolute Gasteiger partial charge is 0.506 e. The van der Waals surface area contributed by atoms with Crippen LogP contribution in [0.15, 0.2) is 4.99 Å². The molecule has 2 N–H and O–H groups in total. The van der Waals surface area contributed by atoms with Crippen LogP contribution in [0.5, 0.6) is 0 Å². The molecule has 206 valence electrons. The lowest BCUT2D eigenvalue weighted by molar-refractivity contribution is -0.0247. The zero-order chi connectivity index (χ0) is 25.4. The zero-order valence-corrected chi connectivity index (χ0v) is 21.8. The van der Waals surface area contributed by atoms with E-state index in [0.29, 0.717) is 19.0 Å². The van der Waals surface area contributed by atoms with Crippen molar-refractivity contribution in [1.82, 2.24) is 24.9 Å². The Bertz CT molecular complexity index is 866. The fraction of sp³-hybridized carbons (Fsp3) is 0.885. The van der Waals surface area contributed by atoms with Gasteiger partial charge in [0.2, 0.25) is 0 Å². The topological polar surface area (TPSA) is 110 Å². The van der Waals surface area contributed by atoms with Gasteiger partial charge in [0.1, 0.15) is 12.2 Å². The highest BCUT2D eigenvalue weighted by Crippen LogP contribution is 2.38. The summed E-state index contributed by atoms with van der Waals surface area (Å²) in [6.07, 6.45) is 8.73. The van der Waals surface area contributed by atoms with Crippen LogP contribution in [-0.2, 0) is 9.47 Å². The third kappa shape index (κ3) is 5.21. The average Bonchev–Trinajstić information content (AvgIpc) is 3.57. The molecule has 11 heteroatoms. The maximum atomic E-state index is 13.2. The molecule has 6 rings (SSSR count). The van der Waals surface area contributed by atoms with Crippen molar-refractivity contribution in [2.24, 2.45) is 4.99 Å². The Morgan fingerprint density at radius 2 is 1.59 bits per heavy atom. The molecule has 0 aromatic carbocycles. The van der Waals surface area contributed by atoms with Crippen molar-refractivity contribution in [1.29, 1.82) is 0 Å². The predicted octanol–water partition coefficient (Wildman–Crippen LogP) is 2.12. The van der Waals surface area contributed by atoms with Crippen LogP contribution in [0.4, 0.5) is 9.59 Å². The van der Waals surface area contributed by atoms with Crippen molar-refractivity contribution in [2.75, 3.05) is 45.8 Å². The van der Waals surface area contributed by atoms with Crippen LogP contribution in [0.3, 0.4) is 0 Å². The Morgan fingerprint density at radius 1 is 0.892 bits per heavy atom. The van der Waals surface area contributed by atoms with E-state index >= 15 is 0 Å². The van der Waals surface area contributed by atoms with E-state index in [9.17, 15) is 9.59 Å². The maximum absolute atomic E-state index is 13.2. The second-order valence-electron chi connectivity index (χ2n) is 11.6. The lowest BCUT2D eigenvalue weighted by atomic mass is 9.85. The van der Waals surface area contributed by atoms with E-state index < -0.39 is 6.16 Å². The van der Waals surface area contributed by atoms with Gasteiger partial charge in [0.25, 0.3) is 0 Å². The Kier molecular flexibility index (Phi) is 7.34. The molecule has 4 unspecified atom stereocenters. The SMILES string of the molecule is O=C(O)OC1CCN(C2CCCC3C2OC(=O)N3C2CCN(C3CCN=C(N4CCCC4)N3)CC2)CC1. The number of carbonyl (C=O) groups is 2. The molecule has 11 nitrogen and oxygen atoms in total. The summed E-state index contributed by atoms with van der Waals surface area (Å²) in [6, 6.07) is 0.605. The van der Waals surface area contributed by atoms with Crippen molar-refractivity contribution in [3.8, 4) is 0 Å². The number of ether oxygens (including phenoxy) is 2. The van der Waals surface area contributed by atoms with Gasteiger partial charge in [0.05, 0.1) is 12.2 Å². The van der Waals surface area contributed by atoms with Gasteiger partial charge in [0.15, 0.2) is 5.96 Å². The van der Waals surface area contributed by atoms with Crippen LogP contribution < -0.4 is 5.32 Å². The highest BCUT2D eigenvalue weighted by Gasteiger charge is 2.52. The molecule has 5 heterocycles. The van der Waals surface area contributed by atoms with E-state index in [1.54, 1.807) is 0 Å². The molecule has 6 aliphatic rings. The second kappa shape index (κ2) is 10.8. The van der Waals surface area contributed by atoms with Gasteiger partial charge in [0, 0.05) is 64.3 Å². The Labute approximate surface area is 219 Å². The monoisotopic (exact) mass is 518 g/mol. The molecule has 37 heavy (non-hydrogen) atoms. The van der Waals surface area contributed by atoms with Crippen LogP contribution >= 0.6 is 0 Å². The van der Waals surface area contributed by atoms with Crippen molar-refractivity contribution in [2.45, 2.75) is 101 Å². The summed E-state index contributed by atoms with van der Waals surface area (Å²) in [5.41, 5.74) is 0. The summed E-state index contributed by atoms with van der Waals surface area (Å²) in [7, 11) is 0. The Balaban J connectivity index is 1.03. The number of rotatable bonds is 4. The molecule has 0 aromatic heterocycles. The molecule has 0 spiro atoms. The number of guanidine groups is 1. The third-order valence-electron chi connectivity index (χ3n) is 9.47. The molecule has 0 aromatic rings. The first-order valence-corrected chi connectivity index (χ1v) is 14.5. The number of hydrogen-bond donors (Lipinski definition) is 2. The third-order valence-corrected chi connectivity index (χ3v) is 9.47. The van der Waals surface area contributed by atoms with Gasteiger partial charge in [-0.15, -0.1) is 0 Å². The highest BCUT2D eigenvalue weighted by molar-refractivity contribution is 5.81. The van der Waals surface area contributed by atoms with Crippen molar-refractivity contribution < 1.29 is 24.2 Å². The van der Waals surface area contributed by atoms with Crippen molar-refractivity contribution >= 4 is 18.2 Å². The summed E-state index contributed by atoms with van der Waals surface area (Å²) in [5.74, 6) is 1.08. The molecule has 1 aliphatic carbocycles. The van der Waals surface area contributed by atoms with Gasteiger partial charge < -0.3 is 24.8 Å². The molecule has 4 atom stereocenters. The number of carboxylic acid groups (broad SMARTS) is 1. The predicted molar refractivity (Wildman–Crippen MR) is 136 cm³/mol. The number of hydrogen-bond acceptors (Lipinski definition) is 9. The summed E-state index contributed by atoms with van der Waals surface area (Å²) in [4.78, 5) is 38.3. The maximum Gasteiger partial charge on any atom is 0.506 e. The number of likely N-dealkylation sites (tertiary alicyclic amines) is 3. The van der Waals surface area contributed by atoms with E-state index in [-0.39, 0.29) is 36.4 Å². The number of amides is 1. The average molecular weight is 519 g/mol. The number of fused-ring (bicyclic) bond motifs is 1. The number of nitrogens with zero attached hydrogens (tertiary/aromatic N) is 5. The summed E-state index contributed by atoms with van der Waals surface area (Å²) < 4.78 is 11.1. The van der Waals surface area contributed by atoms with E-state index in [2.05, 4.69) is 24.9 Å². The smallest absolute Gasteiger partial charge is 0.450 e. The van der Waals surface area contributed by atoms with Gasteiger partial charge in [-0.2, -0.15) is 0 Å². The minimum absolute atomic E-state index is 0.0875. The van der Waals surface area contributed by atoms with Crippen molar-refractivity contribution in [3.05, 3.63) is 0 Å². The zero-order valence-electron chi connectivity index (χ0n) is 21.8. The molecule has 5 aliphatic heterocycles. The van der Waals surface area contributed by atoms with E-state index in [1.807, 2.05) is 0 Å². The lowest BCUT2D eigenvalue weighted by Gasteiger charge is -2.45. The summed E-state index contributed by atoms with van der Waals surface area (Å²) in [6.45, 7) is 6.64. The van der Waals surface area contributed by atoms with Crippen LogP contribution in [0.25, 0.3) is 0 Å². The van der Waals surface area contributed by atoms with E-state index in [4.69, 9.17) is 19.6 Å². The van der Waals surface area contributed by atoms with Crippen molar-refractivity contribution in [3.63, 3.8) is 0 Å². The molecule has 1 saturated carbocycles. The summed E-state index contributed by atoms with van der Waals surface area (Å²) >= 11 is 0. The fourth-order valence-corrected chi connectivity index (χ4v) is 7.60. The normalized spacial score (nSPS) is 34.6. The molecule has 1 amide bonds. The Hall–Kier alpha value is -2.27. The van der Waals surface area contributed by atoms with Gasteiger partial charge in [-0.05, 0) is 57.8 Å². The lowest BCUT2D eigenvalue weighted by Crippen LogP contribution is -2.59. The van der Waals surface area contributed by atoms with E-state index in [1.165, 1.54) is 12.8 Å². The molecule has 0 radical (unpaired) electrons. The van der Waals surface area contributed by atoms with Crippen LogP contribution in [-0.4, -0.2) is 125 Å². The fourth-order valence-electron chi connectivity index (χ4n) is 7.60. The molecular formula is C26H42N6O5. The van der Waals surface area contributed by atoms with Gasteiger partial charge in [-0.3, -0.25) is 19.7 Å². The number of nitrogens with one attached hydrogen (secondary N) is 1. The number of carbonyl (C=O) groups excluding carboxylic acids is 1. The van der Waals surface area contributed by atoms with Crippen LogP contribution in [0.2, 0.25) is 0 Å². The van der Waals surface area contributed by atoms with E-state index in [0.717, 1.165) is 90.3 Å². The molecule has 4 saturated heterocycles. The quantitative estimate of drug-likeness (QED) is 0.541. The minimum atomic E-state index is -1.19.